The predicted molar refractivity (Wildman–Crippen MR) is 136 cm³/mol. The van der Waals surface area contributed by atoms with Gasteiger partial charge in [0, 0.05) is 18.5 Å². The van der Waals surface area contributed by atoms with Crippen molar-refractivity contribution < 1.29 is 9.53 Å². The molecule has 0 radical (unpaired) electrons. The zero-order valence-electron chi connectivity index (χ0n) is 20.3. The first-order chi connectivity index (χ1) is 16.1. The van der Waals surface area contributed by atoms with E-state index in [1.807, 2.05) is 11.0 Å². The number of ether oxygens (including phenoxy) is 1. The van der Waals surface area contributed by atoms with E-state index in [9.17, 15) is 4.79 Å². The van der Waals surface area contributed by atoms with Crippen LogP contribution in [0.15, 0.2) is 61.2 Å². The molecule has 3 atom stereocenters. The van der Waals surface area contributed by atoms with Crippen LogP contribution in [0.3, 0.4) is 0 Å². The Balaban J connectivity index is 1.51. The normalized spacial score (nSPS) is 23.5. The number of carbonyl (C=O) groups excluding carboxylic acids is 1. The number of hydrogen-bond acceptors (Lipinski definition) is 2. The van der Waals surface area contributed by atoms with Crippen LogP contribution in [-0.2, 0) is 4.74 Å². The monoisotopic (exact) mass is 445 g/mol. The van der Waals surface area contributed by atoms with Gasteiger partial charge in [-0.05, 0) is 59.8 Å². The maximum Gasteiger partial charge on any atom is 0.410 e. The molecule has 1 fully saturated rings. The second kappa shape index (κ2) is 11.0. The minimum atomic E-state index is -0.163. The number of hydrogen-bond donors (Lipinski definition) is 0. The molecule has 3 heteroatoms. The number of nitrogens with zero attached hydrogens (tertiary/aromatic N) is 1. The van der Waals surface area contributed by atoms with E-state index in [1.165, 1.54) is 47.9 Å². The molecule has 4 rings (SSSR count). The standard InChI is InChI=1S/C30H39NO2/c1-4-12-29-22(3)13-10-14-23(5-2)15-11-20-31(29)30(32)33-21-28-26-18-8-6-16-24(26)25-17-7-9-19-27(25)28/h4,6-9,16-19,22-23,28-29H,1,5,10-15,20-21H2,2-3H3/t22-,23+,29+/m1/s1. The molecule has 1 amide bonds. The van der Waals surface area contributed by atoms with Gasteiger partial charge >= 0.3 is 6.09 Å². The minimum Gasteiger partial charge on any atom is -0.448 e. The van der Waals surface area contributed by atoms with Crippen LogP contribution in [-0.4, -0.2) is 30.2 Å². The van der Waals surface area contributed by atoms with Gasteiger partial charge in [0.15, 0.2) is 0 Å². The Morgan fingerprint density at radius 2 is 1.67 bits per heavy atom. The number of carbonyl (C=O) groups is 1. The van der Waals surface area contributed by atoms with Gasteiger partial charge in [-0.15, -0.1) is 6.58 Å². The Hall–Kier alpha value is -2.55. The highest BCUT2D eigenvalue weighted by atomic mass is 16.6. The summed E-state index contributed by atoms with van der Waals surface area (Å²) in [5.41, 5.74) is 5.04. The Bertz CT molecular complexity index is 906. The third-order valence-corrected chi connectivity index (χ3v) is 7.90. The fraction of sp³-hybridized carbons (Fsp3) is 0.500. The fourth-order valence-electron chi connectivity index (χ4n) is 5.93. The molecule has 1 aliphatic heterocycles. The summed E-state index contributed by atoms with van der Waals surface area (Å²) in [6.45, 7) is 9.73. The van der Waals surface area contributed by atoms with Gasteiger partial charge in [0.2, 0.25) is 0 Å². The molecule has 1 saturated heterocycles. The number of benzene rings is 2. The van der Waals surface area contributed by atoms with Gasteiger partial charge in [-0.1, -0.05) is 87.7 Å². The highest BCUT2D eigenvalue weighted by Crippen LogP contribution is 2.44. The summed E-state index contributed by atoms with van der Waals surface area (Å²) in [5, 5.41) is 0. The van der Waals surface area contributed by atoms with Crippen LogP contribution >= 0.6 is 0 Å². The second-order valence-corrected chi connectivity index (χ2v) is 9.91. The summed E-state index contributed by atoms with van der Waals surface area (Å²) >= 11 is 0. The summed E-state index contributed by atoms with van der Waals surface area (Å²) in [4.78, 5) is 15.5. The van der Waals surface area contributed by atoms with E-state index >= 15 is 0 Å². The first kappa shape index (κ1) is 23.6. The van der Waals surface area contributed by atoms with Gasteiger partial charge in [-0.3, -0.25) is 0 Å². The lowest BCUT2D eigenvalue weighted by Crippen LogP contribution is -2.45. The number of fused-ring (bicyclic) bond motifs is 3. The number of rotatable bonds is 5. The second-order valence-electron chi connectivity index (χ2n) is 9.91. The Morgan fingerprint density at radius 3 is 2.30 bits per heavy atom. The summed E-state index contributed by atoms with van der Waals surface area (Å²) < 4.78 is 6.08. The van der Waals surface area contributed by atoms with Crippen LogP contribution in [0.4, 0.5) is 4.79 Å². The average molecular weight is 446 g/mol. The molecule has 3 nitrogen and oxygen atoms in total. The van der Waals surface area contributed by atoms with E-state index < -0.39 is 0 Å². The molecule has 0 unspecified atom stereocenters. The molecular formula is C30H39NO2. The van der Waals surface area contributed by atoms with Gasteiger partial charge in [0.05, 0.1) is 0 Å². The third-order valence-electron chi connectivity index (χ3n) is 7.90. The molecular weight excluding hydrogens is 406 g/mol. The highest BCUT2D eigenvalue weighted by Gasteiger charge is 2.32. The molecule has 0 bridgehead atoms. The van der Waals surface area contributed by atoms with Crippen LogP contribution in [0.2, 0.25) is 0 Å². The van der Waals surface area contributed by atoms with E-state index in [4.69, 9.17) is 4.74 Å². The van der Waals surface area contributed by atoms with Crippen molar-refractivity contribution in [3.05, 3.63) is 72.3 Å². The van der Waals surface area contributed by atoms with Gasteiger partial charge in [-0.2, -0.15) is 0 Å². The van der Waals surface area contributed by atoms with Crippen molar-refractivity contribution in [1.82, 2.24) is 4.90 Å². The Labute approximate surface area is 199 Å². The number of amides is 1. The summed E-state index contributed by atoms with van der Waals surface area (Å²) in [6, 6.07) is 17.2. The van der Waals surface area contributed by atoms with Crippen LogP contribution in [0, 0.1) is 11.8 Å². The maximum atomic E-state index is 13.5. The van der Waals surface area contributed by atoms with Crippen molar-refractivity contribution in [1.29, 1.82) is 0 Å². The van der Waals surface area contributed by atoms with Crippen LogP contribution < -0.4 is 0 Å². The summed E-state index contributed by atoms with van der Waals surface area (Å²) in [7, 11) is 0. The van der Waals surface area contributed by atoms with Crippen molar-refractivity contribution in [2.75, 3.05) is 13.2 Å². The zero-order valence-corrected chi connectivity index (χ0v) is 20.3. The van der Waals surface area contributed by atoms with E-state index in [0.29, 0.717) is 12.5 Å². The molecule has 0 saturated carbocycles. The molecule has 0 N–H and O–H groups in total. The third kappa shape index (κ3) is 5.18. The fourth-order valence-corrected chi connectivity index (χ4v) is 5.93. The molecule has 2 aliphatic rings. The van der Waals surface area contributed by atoms with Gasteiger partial charge in [0.25, 0.3) is 0 Å². The Morgan fingerprint density at radius 1 is 1.03 bits per heavy atom. The first-order valence-electron chi connectivity index (χ1n) is 12.9. The Kier molecular flexibility index (Phi) is 7.90. The molecule has 2 aromatic rings. The maximum absolute atomic E-state index is 13.5. The van der Waals surface area contributed by atoms with Crippen LogP contribution in [0.5, 0.6) is 0 Å². The lowest BCUT2D eigenvalue weighted by atomic mass is 9.86. The van der Waals surface area contributed by atoms with Crippen molar-refractivity contribution in [3.63, 3.8) is 0 Å². The van der Waals surface area contributed by atoms with Crippen molar-refractivity contribution >= 4 is 6.09 Å². The van der Waals surface area contributed by atoms with Crippen molar-refractivity contribution in [2.45, 2.75) is 70.8 Å². The first-order valence-corrected chi connectivity index (χ1v) is 12.9. The molecule has 1 heterocycles. The summed E-state index contributed by atoms with van der Waals surface area (Å²) in [5.74, 6) is 1.32. The van der Waals surface area contributed by atoms with Crippen molar-refractivity contribution in [2.24, 2.45) is 11.8 Å². The average Bonchev–Trinajstić information content (AvgIpc) is 3.16. The predicted octanol–water partition coefficient (Wildman–Crippen LogP) is 7.81. The minimum absolute atomic E-state index is 0.0989. The molecule has 1 aliphatic carbocycles. The van der Waals surface area contributed by atoms with Gasteiger partial charge in [-0.25, -0.2) is 4.79 Å². The quantitative estimate of drug-likeness (QED) is 0.439. The SMILES string of the molecule is C=CC[C@H]1[C@H](C)CCC[C@H](CC)CCCN1C(=O)OCC1c2ccccc2-c2ccccc21. The lowest BCUT2D eigenvalue weighted by molar-refractivity contribution is 0.0670. The molecule has 0 aromatic heterocycles. The van der Waals surface area contributed by atoms with Gasteiger partial charge < -0.3 is 9.64 Å². The molecule has 0 spiro atoms. The van der Waals surface area contributed by atoms with Crippen LogP contribution in [0.1, 0.15) is 75.8 Å². The largest absolute Gasteiger partial charge is 0.448 e. The smallest absolute Gasteiger partial charge is 0.410 e. The highest BCUT2D eigenvalue weighted by molar-refractivity contribution is 5.79. The van der Waals surface area contributed by atoms with E-state index in [2.05, 4.69) is 69.0 Å². The molecule has 33 heavy (non-hydrogen) atoms. The van der Waals surface area contributed by atoms with E-state index in [1.54, 1.807) is 0 Å². The van der Waals surface area contributed by atoms with Crippen LogP contribution in [0.25, 0.3) is 11.1 Å². The lowest BCUT2D eigenvalue weighted by Gasteiger charge is -2.36. The van der Waals surface area contributed by atoms with Crippen molar-refractivity contribution in [3.8, 4) is 11.1 Å². The topological polar surface area (TPSA) is 29.5 Å². The van der Waals surface area contributed by atoms with Gasteiger partial charge in [0.1, 0.15) is 6.61 Å². The zero-order chi connectivity index (χ0) is 23.2. The van der Waals surface area contributed by atoms with E-state index in [0.717, 1.165) is 31.7 Å². The van der Waals surface area contributed by atoms with E-state index in [-0.39, 0.29) is 18.1 Å². The molecule has 176 valence electrons. The molecule has 2 aromatic carbocycles. The summed E-state index contributed by atoms with van der Waals surface area (Å²) in [6.07, 6.45) is 9.80.